The molecule has 0 aliphatic rings. The molecule has 29 heavy (non-hydrogen) atoms. The SMILES string of the molecule is COc1ccc(CNC(=O)[C@H](C)Sc2nnc(-c3cccc([N+](=O)[O-])c3)o2)cc1. The number of aromatic nitrogens is 2. The fourth-order valence-electron chi connectivity index (χ4n) is 2.41. The van der Waals surface area contributed by atoms with E-state index in [1.165, 1.54) is 12.1 Å². The Bertz CT molecular complexity index is 1010. The molecule has 0 saturated carbocycles. The van der Waals surface area contributed by atoms with Crippen LogP contribution in [0.15, 0.2) is 58.2 Å². The fourth-order valence-corrected chi connectivity index (χ4v) is 3.12. The Kier molecular flexibility index (Phi) is 6.45. The van der Waals surface area contributed by atoms with Crippen LogP contribution >= 0.6 is 11.8 Å². The molecule has 3 aromatic rings. The lowest BCUT2D eigenvalue weighted by atomic mass is 10.2. The van der Waals surface area contributed by atoms with Crippen LogP contribution in [0.4, 0.5) is 5.69 Å². The molecule has 0 unspecified atom stereocenters. The highest BCUT2D eigenvalue weighted by atomic mass is 32.2. The minimum atomic E-state index is -0.495. The molecule has 0 aliphatic heterocycles. The normalized spacial score (nSPS) is 11.7. The number of thioether (sulfide) groups is 1. The number of benzene rings is 2. The maximum Gasteiger partial charge on any atom is 0.277 e. The number of non-ortho nitro benzene ring substituents is 1. The van der Waals surface area contributed by atoms with E-state index in [0.29, 0.717) is 12.1 Å². The Labute approximate surface area is 170 Å². The molecule has 0 fully saturated rings. The van der Waals surface area contributed by atoms with Crippen LogP contribution in [0, 0.1) is 10.1 Å². The maximum absolute atomic E-state index is 12.3. The van der Waals surface area contributed by atoms with Crippen LogP contribution in [0.3, 0.4) is 0 Å². The highest BCUT2D eigenvalue weighted by Crippen LogP contribution is 2.28. The number of ether oxygens (including phenoxy) is 1. The molecule has 0 spiro atoms. The Morgan fingerprint density at radius 1 is 1.28 bits per heavy atom. The first-order valence-electron chi connectivity index (χ1n) is 8.62. The molecule has 1 N–H and O–H groups in total. The standard InChI is InChI=1S/C19H18N4O5S/c1-12(17(24)20-11-13-6-8-16(27-2)9-7-13)29-19-22-21-18(28-19)14-4-3-5-15(10-14)23(25)26/h3-10,12H,11H2,1-2H3,(H,20,24)/t12-/m0/s1. The number of amides is 1. The van der Waals surface area contributed by atoms with Gasteiger partial charge in [0.15, 0.2) is 0 Å². The molecule has 1 heterocycles. The number of hydrogen-bond acceptors (Lipinski definition) is 8. The number of nitrogens with one attached hydrogen (secondary N) is 1. The summed E-state index contributed by atoms with van der Waals surface area (Å²) in [5.74, 6) is 0.725. The third kappa shape index (κ3) is 5.32. The molecule has 2 aromatic carbocycles. The summed E-state index contributed by atoms with van der Waals surface area (Å²) in [6.07, 6.45) is 0. The van der Waals surface area contributed by atoms with Crippen LogP contribution in [-0.2, 0) is 11.3 Å². The van der Waals surface area contributed by atoms with E-state index in [9.17, 15) is 14.9 Å². The predicted octanol–water partition coefficient (Wildman–Crippen LogP) is 3.45. The molecule has 3 rings (SSSR count). The molecule has 1 amide bonds. The van der Waals surface area contributed by atoms with Gasteiger partial charge in [-0.3, -0.25) is 14.9 Å². The van der Waals surface area contributed by atoms with Gasteiger partial charge in [0.05, 0.1) is 17.3 Å². The maximum atomic E-state index is 12.3. The zero-order valence-electron chi connectivity index (χ0n) is 15.7. The van der Waals surface area contributed by atoms with E-state index < -0.39 is 10.2 Å². The molecular formula is C19H18N4O5S. The second kappa shape index (κ2) is 9.20. The quantitative estimate of drug-likeness (QED) is 0.338. The van der Waals surface area contributed by atoms with Gasteiger partial charge >= 0.3 is 0 Å². The summed E-state index contributed by atoms with van der Waals surface area (Å²) in [7, 11) is 1.59. The van der Waals surface area contributed by atoms with Crippen LogP contribution in [-0.4, -0.2) is 33.4 Å². The number of rotatable bonds is 8. The first-order chi connectivity index (χ1) is 14.0. The summed E-state index contributed by atoms with van der Waals surface area (Å²) in [6.45, 7) is 2.11. The van der Waals surface area contributed by atoms with E-state index >= 15 is 0 Å². The van der Waals surface area contributed by atoms with Gasteiger partial charge in [-0.1, -0.05) is 30.0 Å². The molecule has 10 heteroatoms. The first-order valence-corrected chi connectivity index (χ1v) is 9.50. The number of hydrogen-bond donors (Lipinski definition) is 1. The summed E-state index contributed by atoms with van der Waals surface area (Å²) in [6, 6.07) is 13.3. The molecule has 9 nitrogen and oxygen atoms in total. The van der Waals surface area contributed by atoms with E-state index in [-0.39, 0.29) is 22.7 Å². The van der Waals surface area contributed by atoms with E-state index in [2.05, 4.69) is 15.5 Å². The van der Waals surface area contributed by atoms with E-state index in [4.69, 9.17) is 9.15 Å². The Morgan fingerprint density at radius 3 is 2.72 bits per heavy atom. The van der Waals surface area contributed by atoms with E-state index in [1.54, 1.807) is 26.2 Å². The zero-order chi connectivity index (χ0) is 20.8. The monoisotopic (exact) mass is 414 g/mol. The van der Waals surface area contributed by atoms with E-state index in [1.807, 2.05) is 24.3 Å². The summed E-state index contributed by atoms with van der Waals surface area (Å²) in [4.78, 5) is 22.7. The molecule has 0 radical (unpaired) electrons. The van der Waals surface area contributed by atoms with Crippen molar-refractivity contribution in [1.82, 2.24) is 15.5 Å². The van der Waals surface area contributed by atoms with Crippen molar-refractivity contribution in [2.45, 2.75) is 23.9 Å². The number of nitro benzene ring substituents is 1. The van der Waals surface area contributed by atoms with Gasteiger partial charge in [0.1, 0.15) is 5.75 Å². The summed E-state index contributed by atoms with van der Waals surface area (Å²) in [5.41, 5.74) is 1.32. The molecule has 0 aliphatic carbocycles. The van der Waals surface area contributed by atoms with Gasteiger partial charge in [-0.25, -0.2) is 0 Å². The smallest absolute Gasteiger partial charge is 0.277 e. The van der Waals surface area contributed by atoms with E-state index in [0.717, 1.165) is 23.1 Å². The van der Waals surface area contributed by atoms with Crippen LogP contribution in [0.25, 0.3) is 11.5 Å². The van der Waals surface area contributed by atoms with Crippen LogP contribution in [0.1, 0.15) is 12.5 Å². The minimum Gasteiger partial charge on any atom is -0.497 e. The molecule has 0 saturated heterocycles. The van der Waals surface area contributed by atoms with Gasteiger partial charge in [0.2, 0.25) is 11.8 Å². The highest BCUT2D eigenvalue weighted by molar-refractivity contribution is 8.00. The number of methoxy groups -OCH3 is 1. The first kappa shape index (κ1) is 20.3. The number of nitrogens with zero attached hydrogens (tertiary/aromatic N) is 3. The van der Waals surface area contributed by atoms with Gasteiger partial charge < -0.3 is 14.5 Å². The highest BCUT2D eigenvalue weighted by Gasteiger charge is 2.19. The third-order valence-corrected chi connectivity index (χ3v) is 4.92. The number of carbonyl (C=O) groups excluding carboxylic acids is 1. The fraction of sp³-hybridized carbons (Fsp3) is 0.211. The topological polar surface area (TPSA) is 120 Å². The minimum absolute atomic E-state index is 0.0684. The lowest BCUT2D eigenvalue weighted by molar-refractivity contribution is -0.384. The second-order valence-corrected chi connectivity index (χ2v) is 7.30. The molecule has 1 aromatic heterocycles. The lowest BCUT2D eigenvalue weighted by Crippen LogP contribution is -2.30. The van der Waals surface area contributed by atoms with Gasteiger partial charge in [-0.15, -0.1) is 10.2 Å². The van der Waals surface area contributed by atoms with Crippen LogP contribution < -0.4 is 10.1 Å². The van der Waals surface area contributed by atoms with Gasteiger partial charge in [-0.05, 0) is 30.7 Å². The lowest BCUT2D eigenvalue weighted by Gasteiger charge is -2.10. The van der Waals surface area contributed by atoms with Crippen molar-refractivity contribution in [2.24, 2.45) is 0 Å². The number of carbonyl (C=O) groups is 1. The number of nitro groups is 1. The Hall–Kier alpha value is -3.40. The van der Waals surface area contributed by atoms with Crippen molar-refractivity contribution in [3.63, 3.8) is 0 Å². The Morgan fingerprint density at radius 2 is 2.03 bits per heavy atom. The second-order valence-electron chi connectivity index (χ2n) is 6.01. The average Bonchev–Trinajstić information content (AvgIpc) is 3.21. The summed E-state index contributed by atoms with van der Waals surface area (Å²) < 4.78 is 10.6. The molecule has 0 bridgehead atoms. The molecular weight excluding hydrogens is 396 g/mol. The van der Waals surface area contributed by atoms with Crippen LogP contribution in [0.2, 0.25) is 0 Å². The molecule has 1 atom stereocenters. The van der Waals surface area contributed by atoms with Crippen molar-refractivity contribution in [2.75, 3.05) is 7.11 Å². The third-order valence-electron chi connectivity index (χ3n) is 3.98. The van der Waals surface area contributed by atoms with Gasteiger partial charge in [-0.2, -0.15) is 0 Å². The van der Waals surface area contributed by atoms with Crippen LogP contribution in [0.5, 0.6) is 5.75 Å². The van der Waals surface area contributed by atoms with Crippen molar-refractivity contribution in [3.8, 4) is 17.2 Å². The van der Waals surface area contributed by atoms with Crippen molar-refractivity contribution in [1.29, 1.82) is 0 Å². The zero-order valence-corrected chi connectivity index (χ0v) is 16.5. The Balaban J connectivity index is 1.57. The largest absolute Gasteiger partial charge is 0.497 e. The summed E-state index contributed by atoms with van der Waals surface area (Å²) >= 11 is 1.11. The summed E-state index contributed by atoms with van der Waals surface area (Å²) in [5, 5.41) is 21.3. The van der Waals surface area contributed by atoms with Crippen molar-refractivity contribution >= 4 is 23.4 Å². The average molecular weight is 414 g/mol. The van der Waals surface area contributed by atoms with Gasteiger partial charge in [0, 0.05) is 24.2 Å². The van der Waals surface area contributed by atoms with Gasteiger partial charge in [0.25, 0.3) is 10.9 Å². The predicted molar refractivity (Wildman–Crippen MR) is 107 cm³/mol. The van der Waals surface area contributed by atoms with Crippen molar-refractivity contribution < 1.29 is 18.9 Å². The molecule has 150 valence electrons. The van der Waals surface area contributed by atoms with Crippen molar-refractivity contribution in [3.05, 3.63) is 64.2 Å².